The summed E-state index contributed by atoms with van der Waals surface area (Å²) in [6.45, 7) is 4.05. The molecule has 43 heavy (non-hydrogen) atoms. The zero-order valence-electron chi connectivity index (χ0n) is 24.6. The molecule has 0 saturated heterocycles. The van der Waals surface area contributed by atoms with Gasteiger partial charge in [0, 0.05) is 54.4 Å². The van der Waals surface area contributed by atoms with Crippen molar-refractivity contribution in [2.75, 3.05) is 13.6 Å². The Morgan fingerprint density at radius 3 is 2.51 bits per heavy atom. The summed E-state index contributed by atoms with van der Waals surface area (Å²) < 4.78 is 38.8. The van der Waals surface area contributed by atoms with Crippen molar-refractivity contribution in [3.05, 3.63) is 86.9 Å². The molecule has 3 atom stereocenters. The van der Waals surface area contributed by atoms with E-state index in [-0.39, 0.29) is 51.4 Å². The maximum Gasteiger partial charge on any atom is 0.251 e. The molecule has 6 nitrogen and oxygen atoms in total. The molecule has 0 radical (unpaired) electrons. The van der Waals surface area contributed by atoms with Gasteiger partial charge in [0.05, 0.1) is 22.3 Å². The van der Waals surface area contributed by atoms with Crippen LogP contribution in [-0.2, 0) is 18.4 Å². The lowest BCUT2D eigenvalue weighted by Gasteiger charge is -2.36. The molecule has 1 amide bonds. The van der Waals surface area contributed by atoms with Gasteiger partial charge in [-0.1, -0.05) is 48.9 Å². The molecule has 1 aliphatic heterocycles. The molecule has 2 aliphatic carbocycles. The van der Waals surface area contributed by atoms with Gasteiger partial charge in [-0.3, -0.25) is 4.79 Å². The highest BCUT2D eigenvalue weighted by molar-refractivity contribution is 6.34. The number of aliphatic hydroxyl groups excluding tert-OH is 1. The number of hydrogen-bond donors (Lipinski definition) is 4. The molecule has 6 rings (SSSR count). The first-order chi connectivity index (χ1) is 20.4. The highest BCUT2D eigenvalue weighted by atomic mass is 35.5. The van der Waals surface area contributed by atoms with Gasteiger partial charge in [-0.15, -0.1) is 0 Å². The number of ether oxygens (including phenoxy) is 1. The number of aliphatic hydroxyl groups is 2. The number of rotatable bonds is 6. The van der Waals surface area contributed by atoms with Crippen molar-refractivity contribution in [2.24, 2.45) is 5.92 Å². The van der Waals surface area contributed by atoms with Crippen LogP contribution in [0.3, 0.4) is 0 Å². The van der Waals surface area contributed by atoms with E-state index >= 15 is 8.78 Å². The lowest BCUT2D eigenvalue weighted by atomic mass is 9.82. The first-order valence-corrected chi connectivity index (χ1v) is 15.3. The van der Waals surface area contributed by atoms with Gasteiger partial charge in [-0.05, 0) is 62.1 Å². The number of fused-ring (bicyclic) bond motifs is 2. The third-order valence-electron chi connectivity index (χ3n) is 9.58. The molecule has 4 N–H and O–H groups in total. The van der Waals surface area contributed by atoms with Gasteiger partial charge in [0.2, 0.25) is 0 Å². The van der Waals surface area contributed by atoms with Crippen LogP contribution in [0.15, 0.2) is 42.5 Å². The fourth-order valence-corrected chi connectivity index (χ4v) is 7.33. The van der Waals surface area contributed by atoms with Gasteiger partial charge in [0.15, 0.2) is 5.60 Å². The molecular weight excluding hydrogens is 574 g/mol. The molecule has 3 aromatic rings. The van der Waals surface area contributed by atoms with Crippen LogP contribution in [0, 0.1) is 17.6 Å². The van der Waals surface area contributed by atoms with Crippen LogP contribution in [-0.4, -0.2) is 41.4 Å². The van der Waals surface area contributed by atoms with Gasteiger partial charge in [-0.2, -0.15) is 0 Å². The highest BCUT2D eigenvalue weighted by Gasteiger charge is 2.45. The van der Waals surface area contributed by atoms with E-state index in [0.29, 0.717) is 36.9 Å². The first-order valence-electron chi connectivity index (χ1n) is 14.9. The van der Waals surface area contributed by atoms with E-state index in [2.05, 4.69) is 10.6 Å². The summed E-state index contributed by atoms with van der Waals surface area (Å²) in [5.74, 6) is -2.12. The Morgan fingerprint density at radius 2 is 1.84 bits per heavy atom. The SMILES string of the molecule is CNC(=O)c1cc2c(c(F)c1-c1c(Cl)c(F)cc3c1C[C@@](CNC1CCC(C)(O)CC1)(c1ccccc1)O3)C(O)C(C)C2. The van der Waals surface area contributed by atoms with Crippen LogP contribution in [0.2, 0.25) is 5.02 Å². The number of amides is 1. The number of hydrogen-bond acceptors (Lipinski definition) is 5. The zero-order valence-corrected chi connectivity index (χ0v) is 25.3. The van der Waals surface area contributed by atoms with Crippen LogP contribution >= 0.6 is 11.6 Å². The van der Waals surface area contributed by atoms with Crippen molar-refractivity contribution in [1.29, 1.82) is 0 Å². The number of carbonyl (C=O) groups excluding carboxylic acids is 1. The second-order valence-corrected chi connectivity index (χ2v) is 13.1. The second kappa shape index (κ2) is 11.1. The Bertz CT molecular complexity index is 1570. The Morgan fingerprint density at radius 1 is 1.14 bits per heavy atom. The fourth-order valence-electron chi connectivity index (χ4n) is 7.06. The van der Waals surface area contributed by atoms with Crippen molar-refractivity contribution in [3.8, 4) is 16.9 Å². The minimum absolute atomic E-state index is 0.0272. The van der Waals surface area contributed by atoms with Gasteiger partial charge in [0.1, 0.15) is 17.4 Å². The monoisotopic (exact) mass is 610 g/mol. The average Bonchev–Trinajstić information content (AvgIpc) is 3.50. The van der Waals surface area contributed by atoms with Crippen LogP contribution in [0.5, 0.6) is 5.75 Å². The Balaban J connectivity index is 1.48. The van der Waals surface area contributed by atoms with E-state index in [9.17, 15) is 15.0 Å². The largest absolute Gasteiger partial charge is 0.480 e. The summed E-state index contributed by atoms with van der Waals surface area (Å²) in [5.41, 5.74) is 0.329. The lowest BCUT2D eigenvalue weighted by molar-refractivity contribution is 0.0104. The van der Waals surface area contributed by atoms with Crippen LogP contribution in [0.25, 0.3) is 11.1 Å². The minimum atomic E-state index is -1.06. The Kier molecular flexibility index (Phi) is 7.78. The fraction of sp³-hybridized carbons (Fsp3) is 0.441. The van der Waals surface area contributed by atoms with Gasteiger partial charge in [0.25, 0.3) is 5.91 Å². The van der Waals surface area contributed by atoms with Crippen molar-refractivity contribution in [2.45, 2.75) is 75.7 Å². The smallest absolute Gasteiger partial charge is 0.251 e. The number of benzene rings is 3. The predicted octanol–water partition coefficient (Wildman–Crippen LogP) is 5.98. The first kappa shape index (κ1) is 30.0. The van der Waals surface area contributed by atoms with Crippen molar-refractivity contribution in [3.63, 3.8) is 0 Å². The van der Waals surface area contributed by atoms with Crippen LogP contribution in [0.4, 0.5) is 8.78 Å². The summed E-state index contributed by atoms with van der Waals surface area (Å²) in [6.07, 6.45) is 2.55. The third kappa shape index (κ3) is 5.22. The summed E-state index contributed by atoms with van der Waals surface area (Å²) in [7, 11) is 1.45. The summed E-state index contributed by atoms with van der Waals surface area (Å²) >= 11 is 6.65. The van der Waals surface area contributed by atoms with Crippen LogP contribution in [0.1, 0.15) is 78.2 Å². The quantitative estimate of drug-likeness (QED) is 0.276. The molecule has 0 spiro atoms. The predicted molar refractivity (Wildman–Crippen MR) is 161 cm³/mol. The summed E-state index contributed by atoms with van der Waals surface area (Å²) in [6, 6.07) is 12.6. The van der Waals surface area contributed by atoms with Gasteiger partial charge < -0.3 is 25.6 Å². The Labute approximate surface area is 255 Å². The second-order valence-electron chi connectivity index (χ2n) is 12.7. The van der Waals surface area contributed by atoms with Crippen molar-refractivity contribution >= 4 is 17.5 Å². The van der Waals surface area contributed by atoms with Crippen molar-refractivity contribution in [1.82, 2.24) is 10.6 Å². The molecule has 0 aromatic heterocycles. The summed E-state index contributed by atoms with van der Waals surface area (Å²) in [5, 5.41) is 27.2. The molecule has 9 heteroatoms. The number of nitrogens with one attached hydrogen (secondary N) is 2. The maximum absolute atomic E-state index is 16.6. The van der Waals surface area contributed by atoms with E-state index in [1.165, 1.54) is 13.1 Å². The zero-order chi connectivity index (χ0) is 30.7. The highest BCUT2D eigenvalue weighted by Crippen LogP contribution is 2.52. The molecule has 3 aliphatic rings. The molecule has 2 unspecified atom stereocenters. The third-order valence-corrected chi connectivity index (χ3v) is 9.95. The molecular formula is C34H37ClF2N2O4. The number of carbonyl (C=O) groups is 1. The van der Waals surface area contributed by atoms with E-state index in [1.54, 1.807) is 6.07 Å². The average molecular weight is 611 g/mol. The molecule has 1 fully saturated rings. The van der Waals surface area contributed by atoms with Gasteiger partial charge in [-0.25, -0.2) is 8.78 Å². The minimum Gasteiger partial charge on any atom is -0.480 e. The van der Waals surface area contributed by atoms with E-state index in [1.807, 2.05) is 44.2 Å². The molecule has 228 valence electrons. The topological polar surface area (TPSA) is 90.8 Å². The Hall–Kier alpha value is -3.04. The molecule has 1 saturated carbocycles. The normalized spacial score (nSPS) is 27.9. The van der Waals surface area contributed by atoms with E-state index in [4.69, 9.17) is 16.3 Å². The van der Waals surface area contributed by atoms with Crippen LogP contribution < -0.4 is 15.4 Å². The summed E-state index contributed by atoms with van der Waals surface area (Å²) in [4.78, 5) is 13.2. The van der Waals surface area contributed by atoms with Crippen molar-refractivity contribution < 1.29 is 28.5 Å². The van der Waals surface area contributed by atoms with Gasteiger partial charge >= 0.3 is 0 Å². The lowest BCUT2D eigenvalue weighted by Crippen LogP contribution is -2.48. The maximum atomic E-state index is 16.6. The van der Waals surface area contributed by atoms with E-state index in [0.717, 1.165) is 18.4 Å². The molecule has 3 aromatic carbocycles. The number of halogens is 3. The van der Waals surface area contributed by atoms with E-state index < -0.39 is 34.8 Å². The standard InChI is InChI=1S/C34H37ClF2N2O4/c1-18-13-19-14-22(32(41)38-3)28(30(37)26(19)31(18)40)27-23-16-34(20-7-5-4-6-8-20,43-25(23)15-24(36)29(27)35)17-39-21-9-11-33(2,42)12-10-21/h4-8,14-15,18,21,31,39-40,42H,9-13,16-17H2,1-3H3,(H,38,41)/t18?,21?,31?,33?,34-/m1/s1. The molecule has 1 heterocycles. The molecule has 0 bridgehead atoms.